The number of hydrogen-bond donors (Lipinski definition) is 1. The van der Waals surface area contributed by atoms with Gasteiger partial charge in [0.15, 0.2) is 0 Å². The second kappa shape index (κ2) is 5.91. The minimum Gasteiger partial charge on any atom is -0.497 e. The number of hydrogen-bond acceptors (Lipinski definition) is 4. The van der Waals surface area contributed by atoms with E-state index in [9.17, 15) is 4.79 Å². The molecule has 0 saturated carbocycles. The van der Waals surface area contributed by atoms with Crippen LogP contribution >= 0.6 is 0 Å². The van der Waals surface area contributed by atoms with Crippen molar-refractivity contribution in [2.75, 3.05) is 7.11 Å². The molecule has 1 aromatic carbocycles. The number of amides is 1. The summed E-state index contributed by atoms with van der Waals surface area (Å²) in [5.41, 5.74) is 1.12. The Morgan fingerprint density at radius 3 is 2.91 bits per heavy atom. The number of nitrogens with zero attached hydrogens (tertiary/aromatic N) is 1. The molecule has 1 amide bonds. The van der Waals surface area contributed by atoms with Crippen molar-refractivity contribution in [1.29, 1.82) is 0 Å². The Balaban J connectivity index is 1.91. The highest BCUT2D eigenvalue weighted by Gasteiger charge is 2.35. The van der Waals surface area contributed by atoms with E-state index in [2.05, 4.69) is 10.3 Å². The summed E-state index contributed by atoms with van der Waals surface area (Å²) in [6, 6.07) is 9.02. The molecular formula is C18H20N2O3. The van der Waals surface area contributed by atoms with Crippen LogP contribution in [0.1, 0.15) is 42.2 Å². The van der Waals surface area contributed by atoms with Gasteiger partial charge in [-0.1, -0.05) is 0 Å². The SMILES string of the molecule is COc1ccc2c(c1)[C@@H](NC(=O)c1cccnc1)CC(C)(C)O2. The van der Waals surface area contributed by atoms with Crippen LogP contribution in [0.5, 0.6) is 11.5 Å². The van der Waals surface area contributed by atoms with Crippen LogP contribution in [0.15, 0.2) is 42.7 Å². The Hall–Kier alpha value is -2.56. The molecule has 0 fully saturated rings. The smallest absolute Gasteiger partial charge is 0.253 e. The lowest BCUT2D eigenvalue weighted by atomic mass is 9.89. The van der Waals surface area contributed by atoms with E-state index in [1.54, 1.807) is 31.6 Å². The maximum absolute atomic E-state index is 12.5. The van der Waals surface area contributed by atoms with Crippen LogP contribution in [0.3, 0.4) is 0 Å². The Morgan fingerprint density at radius 2 is 2.22 bits per heavy atom. The molecule has 1 aliphatic rings. The molecule has 1 N–H and O–H groups in total. The van der Waals surface area contributed by atoms with Crippen LogP contribution < -0.4 is 14.8 Å². The lowest BCUT2D eigenvalue weighted by molar-refractivity contribution is 0.0618. The number of carbonyl (C=O) groups is 1. The van der Waals surface area contributed by atoms with Crippen molar-refractivity contribution in [1.82, 2.24) is 10.3 Å². The van der Waals surface area contributed by atoms with Gasteiger partial charge in [-0.2, -0.15) is 0 Å². The predicted octanol–water partition coefficient (Wildman–Crippen LogP) is 3.12. The number of fused-ring (bicyclic) bond motifs is 1. The van der Waals surface area contributed by atoms with Crippen LogP contribution in [0, 0.1) is 0 Å². The Bertz CT molecular complexity index is 713. The van der Waals surface area contributed by atoms with Gasteiger partial charge in [0.05, 0.1) is 18.7 Å². The van der Waals surface area contributed by atoms with Crippen molar-refractivity contribution < 1.29 is 14.3 Å². The molecule has 2 aromatic rings. The van der Waals surface area contributed by atoms with Crippen molar-refractivity contribution in [3.63, 3.8) is 0 Å². The van der Waals surface area contributed by atoms with E-state index in [1.807, 2.05) is 32.0 Å². The summed E-state index contributed by atoms with van der Waals surface area (Å²) >= 11 is 0. The Morgan fingerprint density at radius 1 is 1.39 bits per heavy atom. The minimum absolute atomic E-state index is 0.142. The summed E-state index contributed by atoms with van der Waals surface area (Å²) in [6.07, 6.45) is 3.89. The molecule has 1 atom stereocenters. The highest BCUT2D eigenvalue weighted by molar-refractivity contribution is 5.94. The second-order valence-corrected chi connectivity index (χ2v) is 6.24. The number of nitrogens with one attached hydrogen (secondary N) is 1. The fourth-order valence-corrected chi connectivity index (χ4v) is 2.83. The van der Waals surface area contributed by atoms with Crippen LogP contribution in [0.25, 0.3) is 0 Å². The van der Waals surface area contributed by atoms with Gasteiger partial charge >= 0.3 is 0 Å². The average Bonchev–Trinajstić information content (AvgIpc) is 2.54. The summed E-state index contributed by atoms with van der Waals surface area (Å²) in [4.78, 5) is 16.5. The van der Waals surface area contributed by atoms with Gasteiger partial charge in [-0.15, -0.1) is 0 Å². The predicted molar refractivity (Wildman–Crippen MR) is 86.8 cm³/mol. The molecule has 0 aliphatic carbocycles. The molecule has 0 bridgehead atoms. The fraction of sp³-hybridized carbons (Fsp3) is 0.333. The Labute approximate surface area is 135 Å². The standard InChI is InChI=1S/C18H20N2O3/c1-18(2)10-15(20-17(21)12-5-4-8-19-11-12)14-9-13(22-3)6-7-16(14)23-18/h4-9,11,15H,10H2,1-3H3,(H,20,21)/t15-/m0/s1. The molecule has 5 heteroatoms. The zero-order valence-corrected chi connectivity index (χ0v) is 13.5. The molecule has 23 heavy (non-hydrogen) atoms. The lowest BCUT2D eigenvalue weighted by Crippen LogP contribution is -2.41. The summed E-state index contributed by atoms with van der Waals surface area (Å²) in [5, 5.41) is 3.08. The van der Waals surface area contributed by atoms with Crippen LogP contribution in [0.2, 0.25) is 0 Å². The van der Waals surface area contributed by atoms with E-state index >= 15 is 0 Å². The van der Waals surface area contributed by atoms with Gasteiger partial charge in [0.2, 0.25) is 0 Å². The fourth-order valence-electron chi connectivity index (χ4n) is 2.83. The first-order chi connectivity index (χ1) is 11.0. The second-order valence-electron chi connectivity index (χ2n) is 6.24. The van der Waals surface area contributed by atoms with Crippen LogP contribution in [-0.4, -0.2) is 23.6 Å². The van der Waals surface area contributed by atoms with E-state index in [1.165, 1.54) is 0 Å². The van der Waals surface area contributed by atoms with E-state index in [0.717, 1.165) is 17.1 Å². The lowest BCUT2D eigenvalue weighted by Gasteiger charge is -2.38. The molecule has 0 unspecified atom stereocenters. The number of rotatable bonds is 3. The number of aromatic nitrogens is 1. The van der Waals surface area contributed by atoms with Gasteiger partial charge in [0.25, 0.3) is 5.91 Å². The van der Waals surface area contributed by atoms with Gasteiger partial charge < -0.3 is 14.8 Å². The van der Waals surface area contributed by atoms with Gasteiger partial charge in [-0.25, -0.2) is 0 Å². The maximum atomic E-state index is 12.5. The third kappa shape index (κ3) is 3.28. The number of pyridine rings is 1. The van der Waals surface area contributed by atoms with Crippen molar-refractivity contribution in [2.45, 2.75) is 31.9 Å². The summed E-state index contributed by atoms with van der Waals surface area (Å²) in [6.45, 7) is 4.03. The maximum Gasteiger partial charge on any atom is 0.253 e. The molecule has 120 valence electrons. The molecule has 0 radical (unpaired) electrons. The molecule has 0 saturated heterocycles. The highest BCUT2D eigenvalue weighted by Crippen LogP contribution is 2.41. The highest BCUT2D eigenvalue weighted by atomic mass is 16.5. The van der Waals surface area contributed by atoms with Gasteiger partial charge in [0, 0.05) is 24.4 Å². The van der Waals surface area contributed by atoms with E-state index in [4.69, 9.17) is 9.47 Å². The third-order valence-electron chi connectivity index (χ3n) is 3.90. The molecular weight excluding hydrogens is 292 g/mol. The Kier molecular flexibility index (Phi) is 3.94. The van der Waals surface area contributed by atoms with Crippen molar-refractivity contribution in [3.05, 3.63) is 53.9 Å². The van der Waals surface area contributed by atoms with Crippen molar-refractivity contribution >= 4 is 5.91 Å². The largest absolute Gasteiger partial charge is 0.497 e. The third-order valence-corrected chi connectivity index (χ3v) is 3.90. The van der Waals surface area contributed by atoms with E-state index < -0.39 is 0 Å². The van der Waals surface area contributed by atoms with Crippen LogP contribution in [0.4, 0.5) is 0 Å². The van der Waals surface area contributed by atoms with Crippen molar-refractivity contribution in [2.24, 2.45) is 0 Å². The zero-order valence-electron chi connectivity index (χ0n) is 13.5. The van der Waals surface area contributed by atoms with E-state index in [-0.39, 0.29) is 17.6 Å². The summed E-state index contributed by atoms with van der Waals surface area (Å²) in [5.74, 6) is 1.38. The number of carbonyl (C=O) groups excluding carboxylic acids is 1. The zero-order chi connectivity index (χ0) is 16.4. The number of ether oxygens (including phenoxy) is 2. The van der Waals surface area contributed by atoms with Crippen molar-refractivity contribution in [3.8, 4) is 11.5 Å². The first-order valence-electron chi connectivity index (χ1n) is 7.56. The molecule has 5 nitrogen and oxygen atoms in total. The monoisotopic (exact) mass is 312 g/mol. The van der Waals surface area contributed by atoms with Gasteiger partial charge in [-0.05, 0) is 44.2 Å². The number of benzene rings is 1. The van der Waals surface area contributed by atoms with Gasteiger partial charge in [-0.3, -0.25) is 9.78 Å². The molecule has 0 spiro atoms. The minimum atomic E-state index is -0.353. The summed E-state index contributed by atoms with van der Waals surface area (Å²) < 4.78 is 11.3. The molecule has 2 heterocycles. The number of methoxy groups -OCH3 is 1. The first kappa shape index (κ1) is 15.3. The average molecular weight is 312 g/mol. The first-order valence-corrected chi connectivity index (χ1v) is 7.56. The topological polar surface area (TPSA) is 60.5 Å². The summed E-state index contributed by atoms with van der Waals surface area (Å²) in [7, 11) is 1.62. The van der Waals surface area contributed by atoms with Gasteiger partial charge in [0.1, 0.15) is 17.1 Å². The van der Waals surface area contributed by atoms with E-state index in [0.29, 0.717) is 12.0 Å². The quantitative estimate of drug-likeness (QED) is 0.946. The van der Waals surface area contributed by atoms with Crippen LogP contribution in [-0.2, 0) is 0 Å². The normalized spacial score (nSPS) is 18.5. The molecule has 1 aromatic heterocycles. The molecule has 3 rings (SSSR count). The molecule has 1 aliphatic heterocycles.